The van der Waals surface area contributed by atoms with E-state index in [2.05, 4.69) is 15.3 Å². The van der Waals surface area contributed by atoms with E-state index in [0.717, 1.165) is 5.01 Å². The summed E-state index contributed by atoms with van der Waals surface area (Å²) in [6, 6.07) is 7.59. The molecule has 10 heteroatoms. The number of benzene rings is 1. The largest absolute Gasteiger partial charge is 0.444 e. The summed E-state index contributed by atoms with van der Waals surface area (Å²) in [5.74, 6) is -0.855. The van der Waals surface area contributed by atoms with Crippen molar-refractivity contribution in [1.82, 2.24) is 15.3 Å². The molecule has 1 fully saturated rings. The molecule has 33 heavy (non-hydrogen) atoms. The number of aromatic nitrogens is 2. The van der Waals surface area contributed by atoms with E-state index in [9.17, 15) is 18.8 Å². The van der Waals surface area contributed by atoms with Crippen LogP contribution in [-0.2, 0) is 16.1 Å². The third-order valence-electron chi connectivity index (χ3n) is 5.15. The maximum absolute atomic E-state index is 14.9. The second-order valence-electron chi connectivity index (χ2n) is 7.56. The minimum absolute atomic E-state index is 0.0246. The Balaban J connectivity index is 1.42. The van der Waals surface area contributed by atoms with Gasteiger partial charge in [-0.05, 0) is 37.6 Å². The standard InChI is InChI=1S/C23H21FN4O4S/c1-14(29)2-5-17-13-28(23(31)32-17)16-4-6-18(19(24)10-16)15-3-7-20(26-11-15)22(30)27-12-21-25-8-9-33-21/h3-4,6-11,17H,2,5,12-13H2,1H3,(H,27,30)/t17-/m0/s1. The Bertz CT molecular complexity index is 1170. The molecule has 0 aliphatic carbocycles. The highest BCUT2D eigenvalue weighted by molar-refractivity contribution is 7.09. The normalized spacial score (nSPS) is 15.4. The summed E-state index contributed by atoms with van der Waals surface area (Å²) in [4.78, 5) is 45.2. The van der Waals surface area contributed by atoms with E-state index in [4.69, 9.17) is 4.74 Å². The van der Waals surface area contributed by atoms with Crippen LogP contribution in [0.4, 0.5) is 14.9 Å². The molecule has 2 amide bonds. The second kappa shape index (κ2) is 9.86. The number of amides is 2. The monoisotopic (exact) mass is 468 g/mol. The maximum Gasteiger partial charge on any atom is 0.414 e. The molecule has 1 aliphatic heterocycles. The number of hydrogen-bond donors (Lipinski definition) is 1. The van der Waals surface area contributed by atoms with Gasteiger partial charge < -0.3 is 14.8 Å². The maximum atomic E-state index is 14.9. The van der Waals surface area contributed by atoms with Crippen LogP contribution in [0.1, 0.15) is 35.3 Å². The van der Waals surface area contributed by atoms with Gasteiger partial charge in [0, 0.05) is 35.3 Å². The topological polar surface area (TPSA) is 101 Å². The van der Waals surface area contributed by atoms with E-state index < -0.39 is 18.0 Å². The molecule has 3 heterocycles. The number of cyclic esters (lactones) is 1. The third-order valence-corrected chi connectivity index (χ3v) is 5.93. The van der Waals surface area contributed by atoms with E-state index >= 15 is 0 Å². The summed E-state index contributed by atoms with van der Waals surface area (Å²) in [5, 5.41) is 5.35. The van der Waals surface area contributed by atoms with Gasteiger partial charge in [0.2, 0.25) is 0 Å². The second-order valence-corrected chi connectivity index (χ2v) is 8.54. The molecule has 1 saturated heterocycles. The highest BCUT2D eigenvalue weighted by Gasteiger charge is 2.32. The summed E-state index contributed by atoms with van der Waals surface area (Å²) in [6.45, 7) is 2.06. The SMILES string of the molecule is CC(=O)CC[C@H]1CN(c2ccc(-c3ccc(C(=O)NCc4nccs4)nc3)c(F)c2)C(=O)O1. The predicted molar refractivity (Wildman–Crippen MR) is 120 cm³/mol. The number of Topliss-reactive ketones (excluding diaryl/α,β-unsaturated/α-hetero) is 1. The number of ether oxygens (including phenoxy) is 1. The molecule has 1 atom stereocenters. The minimum atomic E-state index is -0.564. The van der Waals surface area contributed by atoms with Crippen molar-refractivity contribution >= 4 is 34.8 Å². The molecule has 0 unspecified atom stereocenters. The van der Waals surface area contributed by atoms with Gasteiger partial charge in [-0.2, -0.15) is 0 Å². The molecular weight excluding hydrogens is 447 g/mol. The van der Waals surface area contributed by atoms with Crippen molar-refractivity contribution in [3.05, 3.63) is 64.6 Å². The molecule has 8 nitrogen and oxygen atoms in total. The quantitative estimate of drug-likeness (QED) is 0.537. The Hall–Kier alpha value is -3.66. The smallest absolute Gasteiger partial charge is 0.414 e. The van der Waals surface area contributed by atoms with Crippen LogP contribution in [0.3, 0.4) is 0 Å². The van der Waals surface area contributed by atoms with E-state index in [0.29, 0.717) is 36.2 Å². The van der Waals surface area contributed by atoms with E-state index in [-0.39, 0.29) is 23.9 Å². The van der Waals surface area contributed by atoms with E-state index in [1.807, 2.05) is 5.38 Å². The van der Waals surface area contributed by atoms with Crippen molar-refractivity contribution in [2.24, 2.45) is 0 Å². The Morgan fingerprint density at radius 2 is 2.12 bits per heavy atom. The predicted octanol–water partition coefficient (Wildman–Crippen LogP) is 3.97. The van der Waals surface area contributed by atoms with Gasteiger partial charge in [0.1, 0.15) is 28.4 Å². The van der Waals surface area contributed by atoms with Gasteiger partial charge >= 0.3 is 6.09 Å². The fourth-order valence-corrected chi connectivity index (χ4v) is 3.98. The number of nitrogens with one attached hydrogen (secondary N) is 1. The summed E-state index contributed by atoms with van der Waals surface area (Å²) >= 11 is 1.44. The first-order chi connectivity index (χ1) is 15.9. The number of pyridine rings is 1. The van der Waals surface area contributed by atoms with E-state index in [1.54, 1.807) is 24.4 Å². The van der Waals surface area contributed by atoms with Gasteiger partial charge in [-0.1, -0.05) is 6.07 Å². The number of halogens is 1. The fourth-order valence-electron chi connectivity index (χ4n) is 3.43. The first-order valence-electron chi connectivity index (χ1n) is 10.3. The number of carbonyl (C=O) groups is 3. The van der Waals surface area contributed by atoms with Crippen LogP contribution in [0.5, 0.6) is 0 Å². The molecule has 1 aromatic carbocycles. The number of anilines is 1. The summed E-state index contributed by atoms with van der Waals surface area (Å²) < 4.78 is 20.1. The fraction of sp³-hybridized carbons (Fsp3) is 0.261. The van der Waals surface area contributed by atoms with Gasteiger partial charge in [0.25, 0.3) is 5.91 Å². The highest BCUT2D eigenvalue weighted by atomic mass is 32.1. The molecule has 1 N–H and O–H groups in total. The zero-order chi connectivity index (χ0) is 23.4. The molecule has 4 rings (SSSR count). The Morgan fingerprint density at radius 3 is 2.79 bits per heavy atom. The van der Waals surface area contributed by atoms with Crippen LogP contribution in [0.25, 0.3) is 11.1 Å². The number of hydrogen-bond acceptors (Lipinski definition) is 7. The lowest BCUT2D eigenvalue weighted by Gasteiger charge is -2.14. The van der Waals surface area contributed by atoms with Gasteiger partial charge in [-0.25, -0.2) is 14.2 Å². The number of thiazole rings is 1. The zero-order valence-corrected chi connectivity index (χ0v) is 18.6. The van der Waals surface area contributed by atoms with Crippen LogP contribution in [0.15, 0.2) is 48.1 Å². The van der Waals surface area contributed by atoms with Crippen molar-refractivity contribution in [2.75, 3.05) is 11.4 Å². The lowest BCUT2D eigenvalue weighted by molar-refractivity contribution is -0.117. The number of ketones is 1. The molecule has 0 bridgehead atoms. The van der Waals surface area contributed by atoms with Crippen LogP contribution in [-0.4, -0.2) is 40.4 Å². The molecular formula is C23H21FN4O4S. The van der Waals surface area contributed by atoms with Gasteiger partial charge in [0.15, 0.2) is 0 Å². The summed E-state index contributed by atoms with van der Waals surface area (Å²) in [6.07, 6.45) is 2.89. The highest BCUT2D eigenvalue weighted by Crippen LogP contribution is 2.29. The van der Waals surface area contributed by atoms with Crippen LogP contribution in [0.2, 0.25) is 0 Å². The molecule has 1 aliphatic rings. The lowest BCUT2D eigenvalue weighted by atomic mass is 10.1. The van der Waals surface area contributed by atoms with Gasteiger partial charge in [-0.15, -0.1) is 11.3 Å². The van der Waals surface area contributed by atoms with Gasteiger partial charge in [-0.3, -0.25) is 14.7 Å². The number of nitrogens with zero attached hydrogens (tertiary/aromatic N) is 3. The third kappa shape index (κ3) is 5.40. The van der Waals surface area contributed by atoms with Crippen LogP contribution in [0, 0.1) is 5.82 Å². The van der Waals surface area contributed by atoms with Crippen molar-refractivity contribution in [2.45, 2.75) is 32.4 Å². The Kier molecular flexibility index (Phi) is 6.74. The van der Waals surface area contributed by atoms with Crippen LogP contribution < -0.4 is 10.2 Å². The summed E-state index contributed by atoms with van der Waals surface area (Å²) in [7, 11) is 0. The van der Waals surface area contributed by atoms with E-state index in [1.165, 1.54) is 41.5 Å². The Morgan fingerprint density at radius 1 is 1.27 bits per heavy atom. The average Bonchev–Trinajstić information content (AvgIpc) is 3.45. The van der Waals surface area contributed by atoms with Gasteiger partial charge in [0.05, 0.1) is 18.8 Å². The van der Waals surface area contributed by atoms with Crippen LogP contribution >= 0.6 is 11.3 Å². The average molecular weight is 469 g/mol. The van der Waals surface area contributed by atoms with Crippen molar-refractivity contribution in [3.8, 4) is 11.1 Å². The first-order valence-corrected chi connectivity index (χ1v) is 11.2. The summed E-state index contributed by atoms with van der Waals surface area (Å²) in [5.41, 5.74) is 1.38. The molecule has 2 aromatic heterocycles. The zero-order valence-electron chi connectivity index (χ0n) is 17.8. The molecule has 3 aromatic rings. The Labute approximate surface area is 193 Å². The number of carbonyl (C=O) groups excluding carboxylic acids is 3. The molecule has 170 valence electrons. The van der Waals surface area contributed by atoms with Crippen molar-refractivity contribution in [3.63, 3.8) is 0 Å². The first kappa shape index (κ1) is 22.5. The van der Waals surface area contributed by atoms with Crippen molar-refractivity contribution in [1.29, 1.82) is 0 Å². The molecule has 0 spiro atoms. The number of rotatable bonds is 8. The molecule has 0 saturated carbocycles. The minimum Gasteiger partial charge on any atom is -0.444 e. The molecule has 0 radical (unpaired) electrons. The lowest BCUT2D eigenvalue weighted by Crippen LogP contribution is -2.24. The van der Waals surface area contributed by atoms with Crippen molar-refractivity contribution < 1.29 is 23.5 Å².